The molecule has 10 heavy (non-hydrogen) atoms. The highest BCUT2D eigenvalue weighted by Gasteiger charge is 2.37. The second-order valence-electron chi connectivity index (χ2n) is 3.36. The normalized spacial score (nSPS) is 17.6. The topological polar surface area (TPSA) is 44.0 Å². The molecule has 0 spiro atoms. The van der Waals surface area contributed by atoms with Crippen LogP contribution < -0.4 is 0 Å². The van der Waals surface area contributed by atoms with Gasteiger partial charge in [0.05, 0.1) is 17.1 Å². The van der Waals surface area contributed by atoms with Crippen molar-refractivity contribution in [1.29, 1.82) is 5.26 Å². The Bertz CT molecular complexity index is 152. The fourth-order valence-corrected chi connectivity index (χ4v) is 0.648. The van der Waals surface area contributed by atoms with Crippen LogP contribution in [0.5, 0.6) is 0 Å². The Labute approximate surface area is 62.5 Å². The smallest absolute Gasteiger partial charge is 0.0824 e. The predicted molar refractivity (Wildman–Crippen MR) is 40.3 cm³/mol. The Morgan fingerprint density at radius 1 is 1.40 bits per heavy atom. The Morgan fingerprint density at radius 2 is 1.80 bits per heavy atom. The van der Waals surface area contributed by atoms with Crippen LogP contribution in [0.2, 0.25) is 0 Å². The molecule has 0 aliphatic carbocycles. The highest BCUT2D eigenvalue weighted by atomic mass is 16.3. The first-order valence-corrected chi connectivity index (χ1v) is 3.51. The zero-order valence-corrected chi connectivity index (χ0v) is 7.10. The molecule has 0 saturated heterocycles. The molecule has 0 aromatic heterocycles. The molecule has 0 heterocycles. The summed E-state index contributed by atoms with van der Waals surface area (Å²) in [7, 11) is 0. The molecule has 0 amide bonds. The van der Waals surface area contributed by atoms with Crippen LogP contribution in [-0.2, 0) is 0 Å². The van der Waals surface area contributed by atoms with Gasteiger partial charge in [-0.15, -0.1) is 0 Å². The third-order valence-corrected chi connectivity index (χ3v) is 2.30. The van der Waals surface area contributed by atoms with Crippen molar-refractivity contribution in [2.24, 2.45) is 5.41 Å². The first-order valence-electron chi connectivity index (χ1n) is 3.51. The van der Waals surface area contributed by atoms with Crippen molar-refractivity contribution in [2.45, 2.75) is 39.7 Å². The van der Waals surface area contributed by atoms with Gasteiger partial charge >= 0.3 is 0 Å². The summed E-state index contributed by atoms with van der Waals surface area (Å²) in [6.45, 7) is 7.01. The third-order valence-electron chi connectivity index (χ3n) is 2.30. The van der Waals surface area contributed by atoms with Crippen LogP contribution in [0.15, 0.2) is 0 Å². The van der Waals surface area contributed by atoms with Crippen LogP contribution >= 0.6 is 0 Å². The highest BCUT2D eigenvalue weighted by molar-refractivity contribution is 5.04. The van der Waals surface area contributed by atoms with Crippen LogP contribution in [0, 0.1) is 16.7 Å². The molecular weight excluding hydrogens is 126 g/mol. The standard InChI is InChI=1S/C8H15NO/c1-5-8(4,6-9)7(2,3)10/h10H,5H2,1-4H3. The van der Waals surface area contributed by atoms with E-state index < -0.39 is 11.0 Å². The van der Waals surface area contributed by atoms with Gasteiger partial charge in [0.25, 0.3) is 0 Å². The van der Waals surface area contributed by atoms with Crippen LogP contribution in [0.4, 0.5) is 0 Å². The van der Waals surface area contributed by atoms with Gasteiger partial charge in [0.2, 0.25) is 0 Å². The maximum absolute atomic E-state index is 9.51. The molecule has 2 nitrogen and oxygen atoms in total. The zero-order valence-electron chi connectivity index (χ0n) is 7.10. The number of nitrogens with zero attached hydrogens (tertiary/aromatic N) is 1. The van der Waals surface area contributed by atoms with Gasteiger partial charge in [-0.3, -0.25) is 0 Å². The predicted octanol–water partition coefficient (Wildman–Crippen LogP) is 1.70. The van der Waals surface area contributed by atoms with E-state index in [9.17, 15) is 5.11 Å². The molecule has 0 aliphatic rings. The lowest BCUT2D eigenvalue weighted by Crippen LogP contribution is -2.39. The van der Waals surface area contributed by atoms with Crippen LogP contribution in [-0.4, -0.2) is 10.7 Å². The molecule has 0 radical (unpaired) electrons. The van der Waals surface area contributed by atoms with Gasteiger partial charge < -0.3 is 5.11 Å². The lowest BCUT2D eigenvalue weighted by Gasteiger charge is -2.33. The molecule has 0 aromatic carbocycles. The number of rotatable bonds is 2. The van der Waals surface area contributed by atoms with E-state index in [-0.39, 0.29) is 0 Å². The maximum Gasteiger partial charge on any atom is 0.0824 e. The first-order chi connectivity index (χ1) is 4.37. The van der Waals surface area contributed by atoms with Crippen LogP contribution in [0.1, 0.15) is 34.1 Å². The summed E-state index contributed by atoms with van der Waals surface area (Å²) in [5, 5.41) is 18.2. The van der Waals surface area contributed by atoms with E-state index in [0.29, 0.717) is 6.42 Å². The van der Waals surface area contributed by atoms with E-state index in [1.807, 2.05) is 6.92 Å². The van der Waals surface area contributed by atoms with Gasteiger partial charge in [-0.1, -0.05) is 6.92 Å². The number of aliphatic hydroxyl groups is 1. The minimum Gasteiger partial charge on any atom is -0.389 e. The minimum atomic E-state index is -0.906. The largest absolute Gasteiger partial charge is 0.389 e. The minimum absolute atomic E-state index is 0.618. The Hall–Kier alpha value is -0.550. The van der Waals surface area contributed by atoms with Gasteiger partial charge in [-0.25, -0.2) is 0 Å². The monoisotopic (exact) mass is 141 g/mol. The quantitative estimate of drug-likeness (QED) is 0.636. The molecule has 1 atom stereocenters. The molecule has 0 fully saturated rings. The van der Waals surface area contributed by atoms with E-state index >= 15 is 0 Å². The van der Waals surface area contributed by atoms with Gasteiger partial charge in [0, 0.05) is 0 Å². The average molecular weight is 141 g/mol. The van der Waals surface area contributed by atoms with Crippen molar-refractivity contribution < 1.29 is 5.11 Å². The molecule has 58 valence electrons. The van der Waals surface area contributed by atoms with Gasteiger partial charge in [-0.05, 0) is 27.2 Å². The Morgan fingerprint density at radius 3 is 1.80 bits per heavy atom. The van der Waals surface area contributed by atoms with Crippen molar-refractivity contribution in [3.8, 4) is 6.07 Å². The van der Waals surface area contributed by atoms with Gasteiger partial charge in [-0.2, -0.15) is 5.26 Å². The SMILES string of the molecule is CCC(C)(C#N)C(C)(C)O. The van der Waals surface area contributed by atoms with Crippen LogP contribution in [0.25, 0.3) is 0 Å². The van der Waals surface area contributed by atoms with Crippen molar-refractivity contribution in [3.63, 3.8) is 0 Å². The Balaban J connectivity index is 4.54. The molecule has 0 bridgehead atoms. The molecule has 1 N–H and O–H groups in total. The molecular formula is C8H15NO. The average Bonchev–Trinajstić information content (AvgIpc) is 1.84. The fraction of sp³-hybridized carbons (Fsp3) is 0.875. The number of hydrogen-bond donors (Lipinski definition) is 1. The molecule has 0 aliphatic heterocycles. The van der Waals surface area contributed by atoms with Gasteiger partial charge in [0.15, 0.2) is 0 Å². The summed E-state index contributed by atoms with van der Waals surface area (Å²) in [5.41, 5.74) is -1.52. The Kier molecular flexibility index (Phi) is 2.45. The zero-order chi connectivity index (χ0) is 8.41. The lowest BCUT2D eigenvalue weighted by atomic mass is 9.75. The molecule has 2 heteroatoms. The molecule has 0 aromatic rings. The number of hydrogen-bond acceptors (Lipinski definition) is 2. The van der Waals surface area contributed by atoms with Crippen LogP contribution in [0.3, 0.4) is 0 Å². The maximum atomic E-state index is 9.51. The second kappa shape index (κ2) is 2.59. The van der Waals surface area contributed by atoms with Crippen molar-refractivity contribution in [1.82, 2.24) is 0 Å². The van der Waals surface area contributed by atoms with Crippen molar-refractivity contribution >= 4 is 0 Å². The molecule has 0 rings (SSSR count). The summed E-state index contributed by atoms with van der Waals surface area (Å²) in [6, 6.07) is 2.12. The lowest BCUT2D eigenvalue weighted by molar-refractivity contribution is -0.0148. The third kappa shape index (κ3) is 1.48. The fourth-order valence-electron chi connectivity index (χ4n) is 0.648. The number of nitriles is 1. The summed E-state index contributed by atoms with van der Waals surface area (Å²) < 4.78 is 0. The first kappa shape index (κ1) is 9.45. The molecule has 0 saturated carbocycles. The van der Waals surface area contributed by atoms with E-state index in [0.717, 1.165) is 0 Å². The second-order valence-corrected chi connectivity index (χ2v) is 3.36. The van der Waals surface area contributed by atoms with Crippen molar-refractivity contribution in [3.05, 3.63) is 0 Å². The van der Waals surface area contributed by atoms with E-state index in [4.69, 9.17) is 5.26 Å². The highest BCUT2D eigenvalue weighted by Crippen LogP contribution is 2.32. The van der Waals surface area contributed by atoms with Gasteiger partial charge in [0.1, 0.15) is 0 Å². The summed E-state index contributed by atoms with van der Waals surface area (Å²) in [6.07, 6.45) is 0.674. The summed E-state index contributed by atoms with van der Waals surface area (Å²) in [4.78, 5) is 0. The summed E-state index contributed by atoms with van der Waals surface area (Å²) >= 11 is 0. The van der Waals surface area contributed by atoms with E-state index in [1.54, 1.807) is 20.8 Å². The van der Waals surface area contributed by atoms with E-state index in [2.05, 4.69) is 6.07 Å². The van der Waals surface area contributed by atoms with E-state index in [1.165, 1.54) is 0 Å². The molecule has 1 unspecified atom stereocenters. The summed E-state index contributed by atoms with van der Waals surface area (Å²) in [5.74, 6) is 0. The van der Waals surface area contributed by atoms with Crippen molar-refractivity contribution in [2.75, 3.05) is 0 Å².